The number of ether oxygens (including phenoxy) is 1. The molecule has 126 valence electrons. The van der Waals surface area contributed by atoms with E-state index in [1.807, 2.05) is 53.7 Å². The first kappa shape index (κ1) is 24.9. The summed E-state index contributed by atoms with van der Waals surface area (Å²) in [5.74, 6) is -1.92. The fourth-order valence-corrected chi connectivity index (χ4v) is 1.09. The fraction of sp³-hybridized carbons (Fsp3) is 0.444. The SMILES string of the molecule is C=Cc1ccc(COC(=O)CC(=O)O)cc1.CC.CC.CC. The molecule has 1 aromatic carbocycles. The van der Waals surface area contributed by atoms with Gasteiger partial charge in [0.25, 0.3) is 0 Å². The lowest BCUT2D eigenvalue weighted by atomic mass is 10.1. The zero-order valence-electron chi connectivity index (χ0n) is 14.7. The van der Waals surface area contributed by atoms with Crippen LogP contribution in [-0.4, -0.2) is 17.0 Å². The predicted molar refractivity (Wildman–Crippen MR) is 92.6 cm³/mol. The Labute approximate surface area is 134 Å². The average Bonchev–Trinajstić information content (AvgIpc) is 2.58. The van der Waals surface area contributed by atoms with E-state index in [4.69, 9.17) is 9.84 Å². The van der Waals surface area contributed by atoms with E-state index >= 15 is 0 Å². The molecule has 1 rings (SSSR count). The highest BCUT2D eigenvalue weighted by Gasteiger charge is 2.08. The number of esters is 1. The van der Waals surface area contributed by atoms with Crippen LogP contribution in [0.2, 0.25) is 0 Å². The van der Waals surface area contributed by atoms with Gasteiger partial charge >= 0.3 is 11.9 Å². The maximum atomic E-state index is 10.9. The normalized spacial score (nSPS) is 7.73. The topological polar surface area (TPSA) is 63.6 Å². The standard InChI is InChI=1S/C12H12O4.3C2H6/c1-2-9-3-5-10(6-4-9)8-16-12(15)7-11(13)14;3*1-2/h2-6H,1,7-8H2,(H,13,14);3*1-2H3. The molecule has 0 aliphatic carbocycles. The highest BCUT2D eigenvalue weighted by atomic mass is 16.5. The van der Waals surface area contributed by atoms with Gasteiger partial charge in [-0.15, -0.1) is 0 Å². The van der Waals surface area contributed by atoms with Gasteiger partial charge in [0.2, 0.25) is 0 Å². The van der Waals surface area contributed by atoms with Crippen LogP contribution in [0, 0.1) is 0 Å². The zero-order chi connectivity index (χ0) is 18.0. The second-order valence-electron chi connectivity index (χ2n) is 3.18. The maximum absolute atomic E-state index is 10.9. The largest absolute Gasteiger partial charge is 0.481 e. The number of carbonyl (C=O) groups excluding carboxylic acids is 1. The van der Waals surface area contributed by atoms with Crippen LogP contribution in [-0.2, 0) is 20.9 Å². The molecule has 0 heterocycles. The van der Waals surface area contributed by atoms with E-state index in [-0.39, 0.29) is 6.61 Å². The summed E-state index contributed by atoms with van der Waals surface area (Å²) in [5, 5.41) is 8.34. The van der Waals surface area contributed by atoms with Crippen LogP contribution in [0.3, 0.4) is 0 Å². The second-order valence-corrected chi connectivity index (χ2v) is 3.18. The Kier molecular flexibility index (Phi) is 21.4. The van der Waals surface area contributed by atoms with Crippen molar-refractivity contribution in [1.29, 1.82) is 0 Å². The van der Waals surface area contributed by atoms with Gasteiger partial charge in [-0.3, -0.25) is 9.59 Å². The summed E-state index contributed by atoms with van der Waals surface area (Å²) in [4.78, 5) is 21.1. The molecule has 1 N–H and O–H groups in total. The number of benzene rings is 1. The third-order valence-electron chi connectivity index (χ3n) is 1.91. The minimum atomic E-state index is -1.19. The Hall–Kier alpha value is -2.10. The molecule has 0 fully saturated rings. The first-order chi connectivity index (χ1) is 10.6. The van der Waals surface area contributed by atoms with Gasteiger partial charge in [-0.05, 0) is 11.1 Å². The molecular weight excluding hydrogens is 280 g/mol. The molecule has 22 heavy (non-hydrogen) atoms. The average molecular weight is 310 g/mol. The monoisotopic (exact) mass is 310 g/mol. The predicted octanol–water partition coefficient (Wildman–Crippen LogP) is 4.93. The Bertz CT molecular complexity index is 394. The third-order valence-corrected chi connectivity index (χ3v) is 1.91. The summed E-state index contributed by atoms with van der Waals surface area (Å²) in [6, 6.07) is 7.27. The van der Waals surface area contributed by atoms with Gasteiger partial charge in [0, 0.05) is 0 Å². The molecule has 0 unspecified atom stereocenters. The van der Waals surface area contributed by atoms with Gasteiger partial charge in [0.05, 0.1) is 0 Å². The highest BCUT2D eigenvalue weighted by molar-refractivity contribution is 5.90. The summed E-state index contributed by atoms with van der Waals surface area (Å²) in [6.07, 6.45) is 1.10. The van der Waals surface area contributed by atoms with Crippen LogP contribution in [0.25, 0.3) is 6.08 Å². The smallest absolute Gasteiger partial charge is 0.317 e. The summed E-state index contributed by atoms with van der Waals surface area (Å²) in [7, 11) is 0. The van der Waals surface area contributed by atoms with Crippen molar-refractivity contribution in [2.75, 3.05) is 0 Å². The van der Waals surface area contributed by atoms with E-state index in [2.05, 4.69) is 6.58 Å². The molecule has 4 heteroatoms. The van der Waals surface area contributed by atoms with Crippen molar-refractivity contribution in [2.24, 2.45) is 0 Å². The quantitative estimate of drug-likeness (QED) is 0.619. The number of aliphatic carboxylic acids is 1. The summed E-state index contributed by atoms with van der Waals surface area (Å²) >= 11 is 0. The Morgan fingerprint density at radius 1 is 1.05 bits per heavy atom. The lowest BCUT2D eigenvalue weighted by molar-refractivity contribution is -0.152. The first-order valence-corrected chi connectivity index (χ1v) is 7.70. The summed E-state index contributed by atoms with van der Waals surface area (Å²) in [5.41, 5.74) is 1.78. The van der Waals surface area contributed by atoms with Crippen molar-refractivity contribution in [3.8, 4) is 0 Å². The molecule has 0 saturated heterocycles. The molecule has 0 bridgehead atoms. The van der Waals surface area contributed by atoms with Crippen molar-refractivity contribution in [3.63, 3.8) is 0 Å². The molecule has 0 atom stereocenters. The number of carboxylic acids is 1. The van der Waals surface area contributed by atoms with Crippen molar-refractivity contribution < 1.29 is 19.4 Å². The van der Waals surface area contributed by atoms with E-state index in [0.29, 0.717) is 0 Å². The molecule has 0 aromatic heterocycles. The first-order valence-electron chi connectivity index (χ1n) is 7.70. The van der Waals surface area contributed by atoms with Crippen molar-refractivity contribution >= 4 is 18.0 Å². The molecule has 4 nitrogen and oxygen atoms in total. The number of hydrogen-bond acceptors (Lipinski definition) is 3. The van der Waals surface area contributed by atoms with Crippen LogP contribution < -0.4 is 0 Å². The van der Waals surface area contributed by atoms with E-state index in [1.165, 1.54) is 0 Å². The van der Waals surface area contributed by atoms with Crippen LogP contribution >= 0.6 is 0 Å². The van der Waals surface area contributed by atoms with Crippen molar-refractivity contribution in [1.82, 2.24) is 0 Å². The number of carbonyl (C=O) groups is 2. The van der Waals surface area contributed by atoms with Crippen LogP contribution in [0.4, 0.5) is 0 Å². The molecule has 0 aliphatic rings. The molecule has 1 aromatic rings. The van der Waals surface area contributed by atoms with Gasteiger partial charge < -0.3 is 9.84 Å². The van der Waals surface area contributed by atoms with Crippen molar-refractivity contribution in [2.45, 2.75) is 54.6 Å². The maximum Gasteiger partial charge on any atom is 0.317 e. The Balaban J connectivity index is -0.000000535. The number of hydrogen-bond donors (Lipinski definition) is 1. The molecule has 0 aliphatic heterocycles. The molecular formula is C18H30O4. The third kappa shape index (κ3) is 14.3. The van der Waals surface area contributed by atoms with Crippen molar-refractivity contribution in [3.05, 3.63) is 42.0 Å². The lowest BCUT2D eigenvalue weighted by Gasteiger charge is -2.03. The highest BCUT2D eigenvalue weighted by Crippen LogP contribution is 2.07. The Morgan fingerprint density at radius 3 is 1.86 bits per heavy atom. The van der Waals surface area contributed by atoms with Gasteiger partial charge in [0.15, 0.2) is 0 Å². The van der Waals surface area contributed by atoms with Gasteiger partial charge in [0.1, 0.15) is 13.0 Å². The number of carboxylic acid groups (broad SMARTS) is 1. The fourth-order valence-electron chi connectivity index (χ4n) is 1.09. The number of rotatable bonds is 5. The van der Waals surface area contributed by atoms with E-state index in [0.717, 1.165) is 11.1 Å². The van der Waals surface area contributed by atoms with Gasteiger partial charge in [-0.1, -0.05) is 78.5 Å². The van der Waals surface area contributed by atoms with E-state index in [1.54, 1.807) is 18.2 Å². The van der Waals surface area contributed by atoms with E-state index in [9.17, 15) is 9.59 Å². The zero-order valence-corrected chi connectivity index (χ0v) is 14.7. The van der Waals surface area contributed by atoms with Crippen LogP contribution in [0.5, 0.6) is 0 Å². The molecule has 0 spiro atoms. The van der Waals surface area contributed by atoms with Crippen LogP contribution in [0.1, 0.15) is 59.1 Å². The van der Waals surface area contributed by atoms with Gasteiger partial charge in [-0.25, -0.2) is 0 Å². The summed E-state index contributed by atoms with van der Waals surface area (Å²) < 4.78 is 4.77. The second kappa shape index (κ2) is 18.9. The minimum Gasteiger partial charge on any atom is -0.481 e. The van der Waals surface area contributed by atoms with Gasteiger partial charge in [-0.2, -0.15) is 0 Å². The summed E-state index contributed by atoms with van der Waals surface area (Å²) in [6.45, 7) is 15.7. The van der Waals surface area contributed by atoms with Crippen LogP contribution in [0.15, 0.2) is 30.8 Å². The molecule has 0 radical (unpaired) electrons. The molecule has 0 saturated carbocycles. The Morgan fingerprint density at radius 2 is 1.50 bits per heavy atom. The lowest BCUT2D eigenvalue weighted by Crippen LogP contribution is -2.10. The van der Waals surface area contributed by atoms with E-state index < -0.39 is 18.4 Å². The molecule has 0 amide bonds. The minimum absolute atomic E-state index is 0.0868.